The SMILES string of the molecule is CCCc1cc(NC)nc(-c2cc(Br)cs2)n1. The van der Waals surface area contributed by atoms with Gasteiger partial charge in [-0.25, -0.2) is 9.97 Å². The van der Waals surface area contributed by atoms with Crippen LogP contribution >= 0.6 is 27.3 Å². The van der Waals surface area contributed by atoms with Gasteiger partial charge in [-0.05, 0) is 28.4 Å². The maximum absolute atomic E-state index is 4.59. The Balaban J connectivity index is 2.42. The third-order valence-corrected chi connectivity index (χ3v) is 4.02. The zero-order valence-corrected chi connectivity index (χ0v) is 12.2. The fraction of sp³-hybridized carbons (Fsp3) is 0.333. The number of hydrogen-bond donors (Lipinski definition) is 1. The Bertz CT molecular complexity index is 510. The third-order valence-electron chi connectivity index (χ3n) is 2.33. The van der Waals surface area contributed by atoms with E-state index in [9.17, 15) is 0 Å². The van der Waals surface area contributed by atoms with Gasteiger partial charge in [0.15, 0.2) is 5.82 Å². The van der Waals surface area contributed by atoms with Crippen molar-refractivity contribution in [2.24, 2.45) is 0 Å². The molecule has 3 nitrogen and oxygen atoms in total. The molecule has 0 fully saturated rings. The van der Waals surface area contributed by atoms with Gasteiger partial charge in [-0.2, -0.15) is 0 Å². The second-order valence-electron chi connectivity index (χ2n) is 3.70. The number of rotatable bonds is 4. The number of aryl methyl sites for hydroxylation is 1. The highest BCUT2D eigenvalue weighted by Gasteiger charge is 2.08. The van der Waals surface area contributed by atoms with Crippen LogP contribution in [0.2, 0.25) is 0 Å². The van der Waals surface area contributed by atoms with Crippen molar-refractivity contribution in [3.8, 4) is 10.7 Å². The van der Waals surface area contributed by atoms with Crippen LogP contribution in [0.4, 0.5) is 5.82 Å². The topological polar surface area (TPSA) is 37.8 Å². The molecular weight excluding hydrogens is 298 g/mol. The number of aromatic nitrogens is 2. The van der Waals surface area contributed by atoms with Gasteiger partial charge in [0.1, 0.15) is 5.82 Å². The van der Waals surface area contributed by atoms with Gasteiger partial charge in [-0.1, -0.05) is 13.3 Å². The van der Waals surface area contributed by atoms with E-state index in [1.165, 1.54) is 0 Å². The summed E-state index contributed by atoms with van der Waals surface area (Å²) in [6.45, 7) is 2.16. The molecule has 90 valence electrons. The molecule has 0 saturated carbocycles. The van der Waals surface area contributed by atoms with Crippen LogP contribution < -0.4 is 5.32 Å². The normalized spacial score (nSPS) is 10.5. The summed E-state index contributed by atoms with van der Waals surface area (Å²) >= 11 is 5.10. The summed E-state index contributed by atoms with van der Waals surface area (Å²) in [7, 11) is 1.88. The Hall–Kier alpha value is -0.940. The monoisotopic (exact) mass is 311 g/mol. The van der Waals surface area contributed by atoms with E-state index in [-0.39, 0.29) is 0 Å². The van der Waals surface area contributed by atoms with E-state index in [1.54, 1.807) is 11.3 Å². The number of anilines is 1. The summed E-state index contributed by atoms with van der Waals surface area (Å²) in [5.41, 5.74) is 1.09. The summed E-state index contributed by atoms with van der Waals surface area (Å²) in [6, 6.07) is 4.06. The highest BCUT2D eigenvalue weighted by atomic mass is 79.9. The molecule has 17 heavy (non-hydrogen) atoms. The van der Waals surface area contributed by atoms with Gasteiger partial charge in [0.25, 0.3) is 0 Å². The maximum atomic E-state index is 4.59. The zero-order valence-electron chi connectivity index (χ0n) is 9.83. The molecule has 1 N–H and O–H groups in total. The van der Waals surface area contributed by atoms with Crippen molar-refractivity contribution in [3.05, 3.63) is 27.7 Å². The van der Waals surface area contributed by atoms with Crippen LogP contribution in [0.15, 0.2) is 22.0 Å². The maximum Gasteiger partial charge on any atom is 0.171 e. The predicted octanol–water partition coefficient (Wildman–Crippen LogP) is 3.96. The van der Waals surface area contributed by atoms with E-state index in [0.717, 1.165) is 39.5 Å². The molecular formula is C12H14BrN3S. The Morgan fingerprint density at radius 3 is 2.76 bits per heavy atom. The van der Waals surface area contributed by atoms with E-state index in [2.05, 4.69) is 44.2 Å². The van der Waals surface area contributed by atoms with Crippen LogP contribution in [-0.2, 0) is 6.42 Å². The third kappa shape index (κ3) is 3.04. The highest BCUT2D eigenvalue weighted by molar-refractivity contribution is 9.10. The fourth-order valence-electron chi connectivity index (χ4n) is 1.55. The van der Waals surface area contributed by atoms with E-state index in [1.807, 2.05) is 18.5 Å². The largest absolute Gasteiger partial charge is 0.373 e. The van der Waals surface area contributed by atoms with E-state index < -0.39 is 0 Å². The second kappa shape index (κ2) is 5.60. The first-order chi connectivity index (χ1) is 8.22. The van der Waals surface area contributed by atoms with Crippen LogP contribution in [0.5, 0.6) is 0 Å². The second-order valence-corrected chi connectivity index (χ2v) is 5.52. The minimum atomic E-state index is 0.802. The summed E-state index contributed by atoms with van der Waals surface area (Å²) in [4.78, 5) is 10.2. The van der Waals surface area contributed by atoms with Gasteiger partial charge >= 0.3 is 0 Å². The first-order valence-electron chi connectivity index (χ1n) is 5.53. The molecule has 0 aliphatic rings. The molecule has 0 atom stereocenters. The van der Waals surface area contributed by atoms with Crippen molar-refractivity contribution in [2.45, 2.75) is 19.8 Å². The Labute approximate surface area is 113 Å². The highest BCUT2D eigenvalue weighted by Crippen LogP contribution is 2.28. The quantitative estimate of drug-likeness (QED) is 0.928. The van der Waals surface area contributed by atoms with Crippen molar-refractivity contribution < 1.29 is 0 Å². The molecule has 0 bridgehead atoms. The summed E-state index contributed by atoms with van der Waals surface area (Å²) in [6.07, 6.45) is 2.07. The summed E-state index contributed by atoms with van der Waals surface area (Å²) in [5, 5.41) is 5.13. The molecule has 0 spiro atoms. The van der Waals surface area contributed by atoms with Crippen molar-refractivity contribution in [2.75, 3.05) is 12.4 Å². The molecule has 0 saturated heterocycles. The molecule has 2 rings (SSSR count). The fourth-order valence-corrected chi connectivity index (χ4v) is 2.91. The minimum Gasteiger partial charge on any atom is -0.373 e. The zero-order chi connectivity index (χ0) is 12.3. The molecule has 2 aromatic rings. The average Bonchev–Trinajstić information content (AvgIpc) is 2.76. The predicted molar refractivity (Wildman–Crippen MR) is 76.6 cm³/mol. The number of nitrogens with one attached hydrogen (secondary N) is 1. The lowest BCUT2D eigenvalue weighted by Gasteiger charge is -2.05. The lowest BCUT2D eigenvalue weighted by molar-refractivity contribution is 0.876. The van der Waals surface area contributed by atoms with E-state index in [0.29, 0.717) is 0 Å². The Kier molecular flexibility index (Phi) is 4.12. The van der Waals surface area contributed by atoms with Crippen molar-refractivity contribution in [1.82, 2.24) is 9.97 Å². The van der Waals surface area contributed by atoms with Gasteiger partial charge in [-0.15, -0.1) is 11.3 Å². The lowest BCUT2D eigenvalue weighted by Crippen LogP contribution is -2.00. The molecule has 5 heteroatoms. The molecule has 0 radical (unpaired) electrons. The number of nitrogens with zero attached hydrogens (tertiary/aromatic N) is 2. The van der Waals surface area contributed by atoms with E-state index >= 15 is 0 Å². The number of hydrogen-bond acceptors (Lipinski definition) is 4. The Morgan fingerprint density at radius 1 is 1.35 bits per heavy atom. The molecule has 0 aliphatic heterocycles. The number of halogens is 1. The van der Waals surface area contributed by atoms with Crippen molar-refractivity contribution >= 4 is 33.1 Å². The molecule has 2 aromatic heterocycles. The Morgan fingerprint density at radius 2 is 2.18 bits per heavy atom. The lowest BCUT2D eigenvalue weighted by atomic mass is 10.2. The van der Waals surface area contributed by atoms with Crippen LogP contribution in [0.3, 0.4) is 0 Å². The molecule has 0 aromatic carbocycles. The van der Waals surface area contributed by atoms with Gasteiger partial charge in [-0.3, -0.25) is 0 Å². The van der Waals surface area contributed by atoms with Gasteiger partial charge in [0, 0.05) is 28.7 Å². The molecule has 0 aliphatic carbocycles. The van der Waals surface area contributed by atoms with Crippen LogP contribution in [0.1, 0.15) is 19.0 Å². The van der Waals surface area contributed by atoms with E-state index in [4.69, 9.17) is 0 Å². The van der Waals surface area contributed by atoms with Crippen LogP contribution in [-0.4, -0.2) is 17.0 Å². The van der Waals surface area contributed by atoms with Crippen LogP contribution in [0.25, 0.3) is 10.7 Å². The minimum absolute atomic E-state index is 0.802. The molecule has 2 heterocycles. The van der Waals surface area contributed by atoms with Crippen LogP contribution in [0, 0.1) is 0 Å². The van der Waals surface area contributed by atoms with Gasteiger partial charge in [0.05, 0.1) is 4.88 Å². The molecule has 0 unspecified atom stereocenters. The summed E-state index contributed by atoms with van der Waals surface area (Å²) in [5.74, 6) is 1.68. The van der Waals surface area contributed by atoms with Gasteiger partial charge in [0.2, 0.25) is 0 Å². The van der Waals surface area contributed by atoms with Gasteiger partial charge < -0.3 is 5.32 Å². The smallest absolute Gasteiger partial charge is 0.171 e. The van der Waals surface area contributed by atoms with Crippen molar-refractivity contribution in [3.63, 3.8) is 0 Å². The number of thiophene rings is 1. The van der Waals surface area contributed by atoms with Crippen molar-refractivity contribution in [1.29, 1.82) is 0 Å². The summed E-state index contributed by atoms with van der Waals surface area (Å²) < 4.78 is 1.08. The average molecular weight is 312 g/mol. The first kappa shape index (κ1) is 12.5. The molecule has 0 amide bonds. The standard InChI is InChI=1S/C12H14BrN3S/c1-3-4-9-6-11(14-2)16-12(15-9)10-5-8(13)7-17-10/h5-7H,3-4H2,1-2H3,(H,14,15,16). The first-order valence-corrected chi connectivity index (χ1v) is 7.20.